The summed E-state index contributed by atoms with van der Waals surface area (Å²) in [7, 11) is 0. The molecule has 4 aromatic rings. The highest BCUT2D eigenvalue weighted by atomic mass is 32.1. The standard InChI is InChI=1S/C20H19N5OS2/c1-11(2)8-13-5-6-14-16(21)17(28-19(14)23-13)18(26)25-20-24-15(10-27-20)12-4-3-7-22-9-12/h3-7,9-11H,8,21H2,1-2H3,(H,24,25,26). The molecule has 0 saturated carbocycles. The number of nitrogens with one attached hydrogen (secondary N) is 1. The maximum atomic E-state index is 12.8. The van der Waals surface area contributed by atoms with E-state index in [0.29, 0.717) is 21.6 Å². The number of thiazole rings is 1. The average molecular weight is 410 g/mol. The van der Waals surface area contributed by atoms with Crippen LogP contribution < -0.4 is 11.1 Å². The number of amides is 1. The maximum Gasteiger partial charge on any atom is 0.269 e. The summed E-state index contributed by atoms with van der Waals surface area (Å²) in [4.78, 5) is 27.2. The number of fused-ring (bicyclic) bond motifs is 1. The number of nitrogens with two attached hydrogens (primary N) is 1. The van der Waals surface area contributed by atoms with Gasteiger partial charge in [-0.15, -0.1) is 22.7 Å². The van der Waals surface area contributed by atoms with Gasteiger partial charge in [0.25, 0.3) is 5.91 Å². The van der Waals surface area contributed by atoms with E-state index in [1.165, 1.54) is 22.7 Å². The first kappa shape index (κ1) is 18.5. The third kappa shape index (κ3) is 3.74. The van der Waals surface area contributed by atoms with Gasteiger partial charge in [0, 0.05) is 34.4 Å². The number of carbonyl (C=O) groups excluding carboxylic acids is 1. The van der Waals surface area contributed by atoms with E-state index in [1.807, 2.05) is 29.6 Å². The molecule has 28 heavy (non-hydrogen) atoms. The van der Waals surface area contributed by atoms with E-state index in [0.717, 1.165) is 33.6 Å². The molecule has 0 aliphatic heterocycles. The molecule has 4 rings (SSSR count). The van der Waals surface area contributed by atoms with Crippen LogP contribution in [0, 0.1) is 5.92 Å². The summed E-state index contributed by atoms with van der Waals surface area (Å²) in [5.74, 6) is 0.252. The number of carbonyl (C=O) groups is 1. The predicted molar refractivity (Wildman–Crippen MR) is 116 cm³/mol. The summed E-state index contributed by atoms with van der Waals surface area (Å²) >= 11 is 2.68. The molecule has 0 fully saturated rings. The molecule has 0 saturated heterocycles. The van der Waals surface area contributed by atoms with Gasteiger partial charge in [0.2, 0.25) is 0 Å². The first-order valence-electron chi connectivity index (χ1n) is 8.86. The molecule has 0 aliphatic rings. The lowest BCUT2D eigenvalue weighted by Gasteiger charge is -2.03. The lowest BCUT2D eigenvalue weighted by Crippen LogP contribution is -2.11. The highest BCUT2D eigenvalue weighted by Crippen LogP contribution is 2.34. The lowest BCUT2D eigenvalue weighted by atomic mass is 10.1. The Kier molecular flexibility index (Phi) is 5.06. The summed E-state index contributed by atoms with van der Waals surface area (Å²) in [6.07, 6.45) is 4.35. The minimum absolute atomic E-state index is 0.266. The van der Waals surface area contributed by atoms with Crippen molar-refractivity contribution in [3.63, 3.8) is 0 Å². The van der Waals surface area contributed by atoms with E-state index < -0.39 is 0 Å². The Morgan fingerprint density at radius 1 is 1.25 bits per heavy atom. The molecule has 0 bridgehead atoms. The van der Waals surface area contributed by atoms with Crippen molar-refractivity contribution < 1.29 is 4.79 Å². The van der Waals surface area contributed by atoms with E-state index in [-0.39, 0.29) is 5.91 Å². The van der Waals surface area contributed by atoms with Gasteiger partial charge < -0.3 is 5.73 Å². The van der Waals surface area contributed by atoms with Gasteiger partial charge in [-0.05, 0) is 36.6 Å². The van der Waals surface area contributed by atoms with Crippen molar-refractivity contribution in [2.45, 2.75) is 20.3 Å². The Labute approximate surface area is 170 Å². The first-order valence-corrected chi connectivity index (χ1v) is 10.6. The molecule has 4 aromatic heterocycles. The quantitative estimate of drug-likeness (QED) is 0.491. The number of anilines is 2. The number of pyridine rings is 2. The highest BCUT2D eigenvalue weighted by Gasteiger charge is 2.19. The van der Waals surface area contributed by atoms with Gasteiger partial charge >= 0.3 is 0 Å². The van der Waals surface area contributed by atoms with Gasteiger partial charge in [-0.3, -0.25) is 15.1 Å². The number of aromatic nitrogens is 3. The average Bonchev–Trinajstić information content (AvgIpc) is 3.26. The van der Waals surface area contributed by atoms with E-state index in [2.05, 4.69) is 34.1 Å². The van der Waals surface area contributed by atoms with Gasteiger partial charge in [0.15, 0.2) is 5.13 Å². The minimum Gasteiger partial charge on any atom is -0.397 e. The van der Waals surface area contributed by atoms with E-state index in [4.69, 9.17) is 5.73 Å². The van der Waals surface area contributed by atoms with Gasteiger partial charge in [-0.2, -0.15) is 0 Å². The molecule has 142 valence electrons. The van der Waals surface area contributed by atoms with Gasteiger partial charge in [-0.1, -0.05) is 13.8 Å². The fourth-order valence-corrected chi connectivity index (χ4v) is 4.59. The smallest absolute Gasteiger partial charge is 0.269 e. The molecule has 0 atom stereocenters. The van der Waals surface area contributed by atoms with Gasteiger partial charge in [0.1, 0.15) is 9.71 Å². The zero-order chi connectivity index (χ0) is 19.7. The second-order valence-electron chi connectivity index (χ2n) is 6.83. The van der Waals surface area contributed by atoms with Crippen molar-refractivity contribution in [3.05, 3.63) is 52.6 Å². The van der Waals surface area contributed by atoms with Crippen molar-refractivity contribution >= 4 is 49.6 Å². The number of rotatable bonds is 5. The Morgan fingerprint density at radius 3 is 2.86 bits per heavy atom. The van der Waals surface area contributed by atoms with Crippen LogP contribution in [-0.4, -0.2) is 20.9 Å². The maximum absolute atomic E-state index is 12.8. The van der Waals surface area contributed by atoms with E-state index >= 15 is 0 Å². The third-order valence-corrected chi connectivity index (χ3v) is 6.03. The van der Waals surface area contributed by atoms with Crippen molar-refractivity contribution in [1.29, 1.82) is 0 Å². The zero-order valence-electron chi connectivity index (χ0n) is 15.5. The molecule has 0 unspecified atom stereocenters. The molecule has 1 amide bonds. The van der Waals surface area contributed by atoms with Gasteiger partial charge in [-0.25, -0.2) is 9.97 Å². The molecule has 4 heterocycles. The highest BCUT2D eigenvalue weighted by molar-refractivity contribution is 7.21. The predicted octanol–water partition coefficient (Wildman–Crippen LogP) is 4.85. The van der Waals surface area contributed by atoms with Crippen LogP contribution in [0.4, 0.5) is 10.8 Å². The monoisotopic (exact) mass is 409 g/mol. The van der Waals surface area contributed by atoms with Crippen molar-refractivity contribution in [3.8, 4) is 11.3 Å². The first-order chi connectivity index (χ1) is 13.5. The topological polar surface area (TPSA) is 93.8 Å². The zero-order valence-corrected chi connectivity index (χ0v) is 17.1. The normalized spacial score (nSPS) is 11.2. The van der Waals surface area contributed by atoms with Gasteiger partial charge in [0.05, 0.1) is 11.4 Å². The van der Waals surface area contributed by atoms with Crippen LogP contribution in [0.1, 0.15) is 29.2 Å². The Balaban J connectivity index is 1.57. The van der Waals surface area contributed by atoms with E-state index in [1.54, 1.807) is 12.4 Å². The Hall–Kier alpha value is -2.84. The van der Waals surface area contributed by atoms with Crippen LogP contribution >= 0.6 is 22.7 Å². The van der Waals surface area contributed by atoms with Crippen LogP contribution in [0.15, 0.2) is 42.0 Å². The van der Waals surface area contributed by atoms with Crippen molar-refractivity contribution in [2.24, 2.45) is 5.92 Å². The summed E-state index contributed by atoms with van der Waals surface area (Å²) < 4.78 is 0. The Bertz CT molecular complexity index is 1130. The second-order valence-corrected chi connectivity index (χ2v) is 8.69. The van der Waals surface area contributed by atoms with Crippen LogP contribution in [0.25, 0.3) is 21.5 Å². The lowest BCUT2D eigenvalue weighted by molar-refractivity contribution is 0.103. The number of thiophene rings is 1. The van der Waals surface area contributed by atoms with Crippen LogP contribution in [-0.2, 0) is 6.42 Å². The molecule has 0 aromatic carbocycles. The molecular formula is C20H19N5OS2. The fraction of sp³-hybridized carbons (Fsp3) is 0.200. The summed E-state index contributed by atoms with van der Waals surface area (Å²) in [6.45, 7) is 4.31. The second kappa shape index (κ2) is 7.65. The number of nitrogens with zero attached hydrogens (tertiary/aromatic N) is 3. The third-order valence-electron chi connectivity index (χ3n) is 4.16. The fourth-order valence-electron chi connectivity index (χ4n) is 2.87. The minimum atomic E-state index is -0.266. The van der Waals surface area contributed by atoms with Crippen LogP contribution in [0.3, 0.4) is 0 Å². The molecular weight excluding hydrogens is 390 g/mol. The molecule has 3 N–H and O–H groups in total. The largest absolute Gasteiger partial charge is 0.397 e. The van der Waals surface area contributed by atoms with Crippen molar-refractivity contribution in [1.82, 2.24) is 15.0 Å². The molecule has 0 spiro atoms. The molecule has 8 heteroatoms. The van der Waals surface area contributed by atoms with Crippen LogP contribution in [0.2, 0.25) is 0 Å². The van der Waals surface area contributed by atoms with Crippen molar-refractivity contribution in [2.75, 3.05) is 11.1 Å². The summed E-state index contributed by atoms with van der Waals surface area (Å²) in [5, 5.41) is 6.08. The Morgan fingerprint density at radius 2 is 2.11 bits per heavy atom. The molecule has 6 nitrogen and oxygen atoms in total. The van der Waals surface area contributed by atoms with Crippen LogP contribution in [0.5, 0.6) is 0 Å². The number of hydrogen-bond donors (Lipinski definition) is 2. The molecule has 0 aliphatic carbocycles. The molecule has 0 radical (unpaired) electrons. The number of hydrogen-bond acceptors (Lipinski definition) is 7. The number of nitrogen functional groups attached to an aromatic ring is 1. The summed E-state index contributed by atoms with van der Waals surface area (Å²) in [5.41, 5.74) is 9.38. The SMILES string of the molecule is CC(C)Cc1ccc2c(N)c(C(=O)Nc3nc(-c4cccnc4)cs3)sc2n1. The van der Waals surface area contributed by atoms with E-state index in [9.17, 15) is 4.79 Å². The summed E-state index contributed by atoms with van der Waals surface area (Å²) in [6, 6.07) is 7.71.